The third-order valence-electron chi connectivity index (χ3n) is 1.33. The fourth-order valence-electron chi connectivity index (χ4n) is 0.803. The van der Waals surface area contributed by atoms with Gasteiger partial charge in [-0.25, -0.2) is 0 Å². The van der Waals surface area contributed by atoms with Crippen LogP contribution in [0.4, 0.5) is 5.69 Å². The van der Waals surface area contributed by atoms with Gasteiger partial charge in [0.25, 0.3) is 0 Å². The summed E-state index contributed by atoms with van der Waals surface area (Å²) in [5, 5.41) is 2.73. The van der Waals surface area contributed by atoms with Gasteiger partial charge in [-0.1, -0.05) is 0 Å². The molecular formula is C7H7N2NaO. The second-order valence-corrected chi connectivity index (χ2v) is 3.45. The first-order valence-corrected chi connectivity index (χ1v) is 4.38. The molecule has 0 aliphatic rings. The van der Waals surface area contributed by atoms with Crippen molar-refractivity contribution in [3.8, 4) is 0 Å². The molecule has 0 fully saturated rings. The zero-order valence-electron chi connectivity index (χ0n) is 6.59. The van der Waals surface area contributed by atoms with Gasteiger partial charge in [0.2, 0.25) is 0 Å². The SMILES string of the molecule is CC(=O)Nc1ccnc[c]1[Na]. The molecule has 0 atom stereocenters. The van der Waals surface area contributed by atoms with Crippen LogP contribution in [0.15, 0.2) is 18.5 Å². The molecule has 1 N–H and O–H groups in total. The molecule has 0 aliphatic heterocycles. The summed E-state index contributed by atoms with van der Waals surface area (Å²) >= 11 is 0.904. The molecule has 1 aromatic rings. The Labute approximate surface area is 82.6 Å². The van der Waals surface area contributed by atoms with Gasteiger partial charge >= 0.3 is 82.8 Å². The summed E-state index contributed by atoms with van der Waals surface area (Å²) < 4.78 is 1.11. The van der Waals surface area contributed by atoms with E-state index in [0.29, 0.717) is 0 Å². The van der Waals surface area contributed by atoms with Gasteiger partial charge in [0.15, 0.2) is 0 Å². The Kier molecular flexibility index (Phi) is 3.05. The fraction of sp³-hybridized carbons (Fsp3) is 0.143. The molecule has 3 nitrogen and oxygen atoms in total. The van der Waals surface area contributed by atoms with E-state index >= 15 is 0 Å². The molecule has 0 radical (unpaired) electrons. The van der Waals surface area contributed by atoms with E-state index < -0.39 is 0 Å². The molecule has 1 amide bonds. The van der Waals surface area contributed by atoms with Crippen molar-refractivity contribution in [1.29, 1.82) is 0 Å². The van der Waals surface area contributed by atoms with E-state index in [-0.39, 0.29) is 5.91 Å². The first-order chi connectivity index (χ1) is 5.20. The van der Waals surface area contributed by atoms with E-state index in [4.69, 9.17) is 0 Å². The molecule has 0 aliphatic carbocycles. The number of nitrogens with one attached hydrogen (secondary N) is 1. The van der Waals surface area contributed by atoms with Crippen LogP contribution in [-0.4, -0.2) is 38.8 Å². The van der Waals surface area contributed by atoms with Crippen molar-refractivity contribution in [2.75, 3.05) is 5.32 Å². The third kappa shape index (κ3) is 2.61. The zero-order chi connectivity index (χ0) is 8.27. The van der Waals surface area contributed by atoms with Gasteiger partial charge in [-0.3, -0.25) is 0 Å². The number of aromatic nitrogens is 1. The Hall–Kier alpha value is -0.380. The Morgan fingerprint density at radius 1 is 1.73 bits per heavy atom. The molecule has 4 heteroatoms. The molecular weight excluding hydrogens is 151 g/mol. The number of hydrogen-bond acceptors (Lipinski definition) is 2. The summed E-state index contributed by atoms with van der Waals surface area (Å²) in [6.45, 7) is 1.50. The van der Waals surface area contributed by atoms with Crippen LogP contribution in [0.3, 0.4) is 0 Å². The molecule has 1 aromatic heterocycles. The normalized spacial score (nSPS) is 9.36. The van der Waals surface area contributed by atoms with Gasteiger partial charge in [-0.2, -0.15) is 0 Å². The first kappa shape index (κ1) is 8.71. The van der Waals surface area contributed by atoms with Crippen molar-refractivity contribution >= 4 is 42.3 Å². The summed E-state index contributed by atoms with van der Waals surface area (Å²) in [4.78, 5) is 14.6. The summed E-state index contributed by atoms with van der Waals surface area (Å²) in [5.41, 5.74) is 0.888. The monoisotopic (exact) mass is 158 g/mol. The van der Waals surface area contributed by atoms with Crippen LogP contribution in [0, 0.1) is 0 Å². The average molecular weight is 158 g/mol. The topological polar surface area (TPSA) is 42.0 Å². The zero-order valence-corrected chi connectivity index (χ0v) is 8.59. The van der Waals surface area contributed by atoms with Crippen molar-refractivity contribution in [3.05, 3.63) is 18.5 Å². The van der Waals surface area contributed by atoms with Crippen molar-refractivity contribution in [1.82, 2.24) is 4.98 Å². The molecule has 1 rings (SSSR count). The van der Waals surface area contributed by atoms with Crippen molar-refractivity contribution < 1.29 is 4.79 Å². The molecule has 0 saturated heterocycles. The van der Waals surface area contributed by atoms with E-state index in [9.17, 15) is 4.79 Å². The van der Waals surface area contributed by atoms with Crippen molar-refractivity contribution in [3.63, 3.8) is 0 Å². The van der Waals surface area contributed by atoms with Crippen LogP contribution in [0.2, 0.25) is 0 Å². The summed E-state index contributed by atoms with van der Waals surface area (Å²) in [5.74, 6) is -0.0340. The predicted octanol–water partition coefficient (Wildman–Crippen LogP) is -0.166. The number of carbonyl (C=O) groups is 1. The summed E-state index contributed by atoms with van der Waals surface area (Å²) in [6.07, 6.45) is 3.45. The van der Waals surface area contributed by atoms with Gasteiger partial charge in [0.1, 0.15) is 0 Å². The van der Waals surface area contributed by atoms with E-state index in [2.05, 4.69) is 10.3 Å². The molecule has 1 heterocycles. The number of nitrogens with zero attached hydrogens (tertiary/aromatic N) is 1. The number of anilines is 1. The van der Waals surface area contributed by atoms with E-state index in [1.165, 1.54) is 6.92 Å². The second kappa shape index (κ2) is 3.85. The Balaban J connectivity index is 2.86. The number of hydrogen-bond donors (Lipinski definition) is 1. The van der Waals surface area contributed by atoms with Crippen LogP contribution in [0.5, 0.6) is 0 Å². The summed E-state index contributed by atoms with van der Waals surface area (Å²) in [7, 11) is 0. The van der Waals surface area contributed by atoms with Crippen molar-refractivity contribution in [2.45, 2.75) is 6.92 Å². The van der Waals surface area contributed by atoms with Crippen LogP contribution in [0.25, 0.3) is 0 Å². The van der Waals surface area contributed by atoms with Crippen LogP contribution in [-0.2, 0) is 4.79 Å². The number of pyridine rings is 1. The first-order valence-electron chi connectivity index (χ1n) is 3.38. The quantitative estimate of drug-likeness (QED) is 0.577. The van der Waals surface area contributed by atoms with Crippen LogP contribution >= 0.6 is 0 Å². The Morgan fingerprint density at radius 2 is 2.45 bits per heavy atom. The molecule has 0 bridgehead atoms. The Bertz CT molecular complexity index is 275. The second-order valence-electron chi connectivity index (χ2n) is 2.37. The molecule has 11 heavy (non-hydrogen) atoms. The average Bonchev–Trinajstić information content (AvgIpc) is 1.93. The van der Waals surface area contributed by atoms with E-state index in [0.717, 1.165) is 36.4 Å². The summed E-state index contributed by atoms with van der Waals surface area (Å²) in [6, 6.07) is 1.81. The van der Waals surface area contributed by atoms with Gasteiger partial charge in [-0.15, -0.1) is 0 Å². The standard InChI is InChI=1S/C7H7N2O.Na/c1-6(10)9-7-2-4-8-5-3-7;/h2,4-5H,1H3,(H,8,9,10);. The third-order valence-corrected chi connectivity index (χ3v) is 2.13. The predicted molar refractivity (Wildman–Crippen MR) is 43.9 cm³/mol. The van der Waals surface area contributed by atoms with E-state index in [1.54, 1.807) is 12.4 Å². The minimum absolute atomic E-state index is 0.0340. The van der Waals surface area contributed by atoms with Crippen LogP contribution < -0.4 is 8.13 Å². The van der Waals surface area contributed by atoms with Gasteiger partial charge in [-0.05, 0) is 0 Å². The fourth-order valence-corrected chi connectivity index (χ4v) is 1.24. The minimum atomic E-state index is -0.0340. The van der Waals surface area contributed by atoms with Gasteiger partial charge < -0.3 is 0 Å². The number of rotatable bonds is 1. The Morgan fingerprint density at radius 3 is 3.00 bits per heavy atom. The van der Waals surface area contributed by atoms with E-state index in [1.807, 2.05) is 6.07 Å². The molecule has 52 valence electrons. The molecule has 0 spiro atoms. The van der Waals surface area contributed by atoms with Gasteiger partial charge in [0, 0.05) is 0 Å². The maximum absolute atomic E-state index is 10.6. The molecule has 0 aromatic carbocycles. The van der Waals surface area contributed by atoms with Crippen LogP contribution in [0.1, 0.15) is 6.92 Å². The maximum atomic E-state index is 10.6. The van der Waals surface area contributed by atoms with Crippen molar-refractivity contribution in [2.24, 2.45) is 0 Å². The number of carbonyl (C=O) groups excluding carboxylic acids is 1. The number of amides is 1. The molecule has 0 unspecified atom stereocenters. The molecule has 0 saturated carbocycles. The van der Waals surface area contributed by atoms with Gasteiger partial charge in [0.05, 0.1) is 0 Å².